The first kappa shape index (κ1) is 17.1. The Balaban J connectivity index is 3.25. The van der Waals surface area contributed by atoms with E-state index in [4.69, 9.17) is 10.4 Å². The molecule has 0 saturated heterocycles. The molecular weight excluding hydrogens is 299 g/mol. The molecule has 1 N–H and O–H groups in total. The molecule has 0 amide bonds. The highest BCUT2D eigenvalue weighted by molar-refractivity contribution is 7.89. The summed E-state index contributed by atoms with van der Waals surface area (Å²) >= 11 is 0. The molecule has 0 spiro atoms. The number of rotatable bonds is 6. The lowest BCUT2D eigenvalue weighted by molar-refractivity contribution is -0.137. The van der Waals surface area contributed by atoms with Crippen LogP contribution in [-0.4, -0.2) is 36.4 Å². The van der Waals surface area contributed by atoms with E-state index in [1.165, 1.54) is 6.92 Å². The molecule has 1 aromatic rings. The van der Waals surface area contributed by atoms with Gasteiger partial charge < -0.3 is 5.11 Å². The maximum Gasteiger partial charge on any atom is 0.304 e. The number of nitriles is 1. The number of nitrogens with zero attached hydrogens (tertiary/aromatic N) is 2. The second-order valence-corrected chi connectivity index (χ2v) is 6.30. The smallest absolute Gasteiger partial charge is 0.304 e. The Morgan fingerprint density at radius 3 is 2.62 bits per heavy atom. The minimum Gasteiger partial charge on any atom is -0.481 e. The van der Waals surface area contributed by atoms with Crippen molar-refractivity contribution in [3.05, 3.63) is 29.6 Å². The molecule has 1 aromatic carbocycles. The van der Waals surface area contributed by atoms with Gasteiger partial charge in [0.25, 0.3) is 0 Å². The predicted molar refractivity (Wildman–Crippen MR) is 72.4 cm³/mol. The van der Waals surface area contributed by atoms with Gasteiger partial charge in [-0.2, -0.15) is 9.57 Å². The van der Waals surface area contributed by atoms with Crippen LogP contribution in [0.1, 0.15) is 25.8 Å². The van der Waals surface area contributed by atoms with E-state index in [0.717, 1.165) is 22.5 Å². The van der Waals surface area contributed by atoms with Crippen molar-refractivity contribution >= 4 is 16.0 Å². The van der Waals surface area contributed by atoms with Crippen molar-refractivity contribution in [2.24, 2.45) is 0 Å². The molecule has 0 aliphatic carbocycles. The van der Waals surface area contributed by atoms with Crippen molar-refractivity contribution in [3.63, 3.8) is 0 Å². The van der Waals surface area contributed by atoms with Gasteiger partial charge in [0.15, 0.2) is 0 Å². The third-order valence-electron chi connectivity index (χ3n) is 2.94. The molecule has 0 saturated carbocycles. The van der Waals surface area contributed by atoms with Gasteiger partial charge in [-0.15, -0.1) is 0 Å². The van der Waals surface area contributed by atoms with Crippen molar-refractivity contribution in [2.45, 2.75) is 31.2 Å². The molecule has 0 aliphatic heterocycles. The lowest BCUT2D eigenvalue weighted by Crippen LogP contribution is -2.39. The molecule has 0 radical (unpaired) electrons. The van der Waals surface area contributed by atoms with Crippen molar-refractivity contribution in [1.29, 1.82) is 5.26 Å². The van der Waals surface area contributed by atoms with Gasteiger partial charge in [-0.1, -0.05) is 6.92 Å². The standard InChI is InChI=1S/C13H15FN2O4S/c1-3-16(9(2)6-13(17)18)21(19,20)11-4-5-12(14)10(7-11)8-15/h4-5,7,9H,3,6H2,1-2H3,(H,17,18). The highest BCUT2D eigenvalue weighted by Crippen LogP contribution is 2.21. The van der Waals surface area contributed by atoms with Gasteiger partial charge in [0.2, 0.25) is 10.0 Å². The van der Waals surface area contributed by atoms with Crippen LogP contribution in [0.3, 0.4) is 0 Å². The Kier molecular flexibility index (Phi) is 5.41. The number of carbonyl (C=O) groups is 1. The van der Waals surface area contributed by atoms with Crippen molar-refractivity contribution in [1.82, 2.24) is 4.31 Å². The Bertz CT molecular complexity index is 682. The van der Waals surface area contributed by atoms with Gasteiger partial charge >= 0.3 is 5.97 Å². The lowest BCUT2D eigenvalue weighted by Gasteiger charge is -2.26. The molecule has 1 atom stereocenters. The van der Waals surface area contributed by atoms with E-state index >= 15 is 0 Å². The molecule has 1 rings (SSSR count). The van der Waals surface area contributed by atoms with Crippen LogP contribution in [0.4, 0.5) is 4.39 Å². The summed E-state index contributed by atoms with van der Waals surface area (Å²) in [6, 6.07) is 3.72. The monoisotopic (exact) mass is 314 g/mol. The van der Waals surface area contributed by atoms with Gasteiger partial charge in [-0.25, -0.2) is 12.8 Å². The van der Waals surface area contributed by atoms with Gasteiger partial charge in [-0.3, -0.25) is 4.79 Å². The topological polar surface area (TPSA) is 98.5 Å². The first-order valence-corrected chi connectivity index (χ1v) is 7.61. The summed E-state index contributed by atoms with van der Waals surface area (Å²) in [5, 5.41) is 17.5. The van der Waals surface area contributed by atoms with Crippen LogP contribution in [0.5, 0.6) is 0 Å². The van der Waals surface area contributed by atoms with Crippen LogP contribution < -0.4 is 0 Å². The second kappa shape index (κ2) is 6.65. The molecule has 0 bridgehead atoms. The molecular formula is C13H15FN2O4S. The summed E-state index contributed by atoms with van der Waals surface area (Å²) in [4.78, 5) is 10.5. The lowest BCUT2D eigenvalue weighted by atomic mass is 10.2. The fraction of sp³-hybridized carbons (Fsp3) is 0.385. The van der Waals surface area contributed by atoms with E-state index in [2.05, 4.69) is 0 Å². The predicted octanol–water partition coefficient (Wildman–Crippen LogP) is 1.57. The SMILES string of the molecule is CCN(C(C)CC(=O)O)S(=O)(=O)c1ccc(F)c(C#N)c1. The summed E-state index contributed by atoms with van der Waals surface area (Å²) in [6.45, 7) is 3.12. The molecule has 114 valence electrons. The van der Waals surface area contributed by atoms with Crippen molar-refractivity contribution < 1.29 is 22.7 Å². The van der Waals surface area contributed by atoms with Gasteiger partial charge in [0.1, 0.15) is 11.9 Å². The highest BCUT2D eigenvalue weighted by Gasteiger charge is 2.29. The third kappa shape index (κ3) is 3.77. The molecule has 0 aromatic heterocycles. The normalized spacial score (nSPS) is 12.9. The van der Waals surface area contributed by atoms with Crippen molar-refractivity contribution in [2.75, 3.05) is 6.54 Å². The molecule has 1 unspecified atom stereocenters. The van der Waals surface area contributed by atoms with E-state index in [9.17, 15) is 17.6 Å². The zero-order valence-corrected chi connectivity index (χ0v) is 12.4. The number of carboxylic acid groups (broad SMARTS) is 1. The fourth-order valence-electron chi connectivity index (χ4n) is 1.96. The molecule has 21 heavy (non-hydrogen) atoms. The molecule has 0 aliphatic rings. The Morgan fingerprint density at radius 1 is 1.52 bits per heavy atom. The molecule has 6 nitrogen and oxygen atoms in total. The number of aliphatic carboxylic acids is 1. The average molecular weight is 314 g/mol. The fourth-order valence-corrected chi connectivity index (χ4v) is 3.62. The molecule has 0 heterocycles. The van der Waals surface area contributed by atoms with E-state index in [1.807, 2.05) is 0 Å². The zero-order chi connectivity index (χ0) is 16.2. The highest BCUT2D eigenvalue weighted by atomic mass is 32.2. The summed E-state index contributed by atoms with van der Waals surface area (Å²) < 4.78 is 39.2. The quantitative estimate of drug-likeness (QED) is 0.859. The maximum atomic E-state index is 13.3. The van der Waals surface area contributed by atoms with Gasteiger partial charge in [0.05, 0.1) is 16.9 Å². The number of hydrogen-bond acceptors (Lipinski definition) is 4. The largest absolute Gasteiger partial charge is 0.481 e. The summed E-state index contributed by atoms with van der Waals surface area (Å²) in [5.41, 5.74) is -0.377. The van der Waals surface area contributed by atoms with Crippen LogP contribution >= 0.6 is 0 Å². The van der Waals surface area contributed by atoms with Crippen LogP contribution in [-0.2, 0) is 14.8 Å². The van der Waals surface area contributed by atoms with Crippen molar-refractivity contribution in [3.8, 4) is 6.07 Å². The van der Waals surface area contributed by atoms with Gasteiger partial charge in [-0.05, 0) is 25.1 Å². The second-order valence-electron chi connectivity index (χ2n) is 4.41. The summed E-state index contributed by atoms with van der Waals surface area (Å²) in [7, 11) is -3.99. The minimum atomic E-state index is -3.99. The van der Waals surface area contributed by atoms with Crippen LogP contribution in [0.25, 0.3) is 0 Å². The third-order valence-corrected chi connectivity index (χ3v) is 5.02. The van der Waals surface area contributed by atoms with Gasteiger partial charge in [0, 0.05) is 12.6 Å². The van der Waals surface area contributed by atoms with Crippen LogP contribution in [0.2, 0.25) is 0 Å². The van der Waals surface area contributed by atoms with E-state index < -0.39 is 27.9 Å². The Labute approximate surface area is 122 Å². The van der Waals surface area contributed by atoms with E-state index in [-0.39, 0.29) is 23.4 Å². The number of hydrogen-bond donors (Lipinski definition) is 1. The number of halogens is 1. The number of carboxylic acids is 1. The first-order valence-electron chi connectivity index (χ1n) is 6.17. The van der Waals surface area contributed by atoms with Crippen LogP contribution in [0.15, 0.2) is 23.1 Å². The minimum absolute atomic E-state index is 0.0655. The number of sulfonamides is 1. The summed E-state index contributed by atoms with van der Waals surface area (Å²) in [5.74, 6) is -1.92. The Hall–Kier alpha value is -1.98. The Morgan fingerprint density at radius 2 is 2.14 bits per heavy atom. The number of benzene rings is 1. The first-order chi connectivity index (χ1) is 9.73. The van der Waals surface area contributed by atoms with Crippen LogP contribution in [0, 0.1) is 17.1 Å². The van der Waals surface area contributed by atoms with E-state index in [0.29, 0.717) is 0 Å². The zero-order valence-electron chi connectivity index (χ0n) is 11.6. The molecule has 8 heteroatoms. The average Bonchev–Trinajstić information content (AvgIpc) is 2.38. The maximum absolute atomic E-state index is 13.3. The summed E-state index contributed by atoms with van der Waals surface area (Å²) in [6.07, 6.45) is -0.348. The van der Waals surface area contributed by atoms with E-state index in [1.54, 1.807) is 13.0 Å². The molecule has 0 fully saturated rings.